The Kier molecular flexibility index (Phi) is 23.3. The normalized spacial score (nSPS) is 14.6. The fraction of sp³-hybridized carbons (Fsp3) is 0.489. The number of unbranched alkanes of at least 4 members (excludes halogenated alkanes) is 6. The third-order valence-corrected chi connectivity index (χ3v) is 10.3. The second-order valence-electron chi connectivity index (χ2n) is 15.2. The van der Waals surface area contributed by atoms with Gasteiger partial charge < -0.3 is 52.8 Å². The first-order valence-electron chi connectivity index (χ1n) is 22.0. The number of carbonyl (C=O) groups is 5. The number of aryl methyl sites for hydroxylation is 1. The Bertz CT molecular complexity index is 1980. The average Bonchev–Trinajstić information content (AvgIpc) is 3.29. The highest BCUT2D eigenvalue weighted by molar-refractivity contribution is 5.98. The highest BCUT2D eigenvalue weighted by Crippen LogP contribution is 2.40. The summed E-state index contributed by atoms with van der Waals surface area (Å²) in [5.74, 6) is -2.13. The van der Waals surface area contributed by atoms with Crippen LogP contribution < -0.4 is 47.9 Å². The Hall–Kier alpha value is -6.02. The van der Waals surface area contributed by atoms with Crippen LogP contribution in [0.4, 0.5) is 0 Å². The number of carbonyl (C=O) groups excluding carboxylic acids is 5. The summed E-state index contributed by atoms with van der Waals surface area (Å²) in [4.78, 5) is 68.7. The summed E-state index contributed by atoms with van der Waals surface area (Å²) in [6, 6.07) is 17.1. The van der Waals surface area contributed by atoms with Gasteiger partial charge in [0.15, 0.2) is 0 Å². The maximum Gasteiger partial charge on any atom is 0.251 e. The van der Waals surface area contributed by atoms with Crippen molar-refractivity contribution in [1.29, 1.82) is 5.26 Å². The monoisotopic (exact) mass is 870 g/mol. The van der Waals surface area contributed by atoms with Gasteiger partial charge in [0.2, 0.25) is 23.6 Å². The van der Waals surface area contributed by atoms with Gasteiger partial charge in [-0.2, -0.15) is 5.26 Å². The maximum absolute atomic E-state index is 14.1. The van der Waals surface area contributed by atoms with Crippen LogP contribution in [0, 0.1) is 11.3 Å². The molecule has 10 N–H and O–H groups in total. The number of fused-ring (bicyclic) bond motifs is 5. The van der Waals surface area contributed by atoms with E-state index in [1.807, 2.05) is 24.3 Å². The van der Waals surface area contributed by atoms with Crippen LogP contribution in [0.15, 0.2) is 60.7 Å². The molecule has 16 heteroatoms. The summed E-state index contributed by atoms with van der Waals surface area (Å²) in [7, 11) is 1.44. The van der Waals surface area contributed by atoms with Gasteiger partial charge in [-0.25, -0.2) is 0 Å². The molecule has 0 saturated heterocycles. The van der Waals surface area contributed by atoms with E-state index in [0.717, 1.165) is 31.4 Å². The molecule has 2 atom stereocenters. The van der Waals surface area contributed by atoms with Crippen LogP contribution in [-0.4, -0.2) is 100 Å². The number of hydrogen-bond donors (Lipinski definition) is 7. The van der Waals surface area contributed by atoms with E-state index in [1.165, 1.54) is 50.5 Å². The lowest BCUT2D eigenvalue weighted by Crippen LogP contribution is -2.52. The minimum Gasteiger partial charge on any atom is -0.492 e. The summed E-state index contributed by atoms with van der Waals surface area (Å²) in [5.41, 5.74) is 20.2. The van der Waals surface area contributed by atoms with E-state index < -0.39 is 54.7 Å². The number of benzene rings is 3. The predicted octanol–water partition coefficient (Wildman–Crippen LogP) is 3.40. The predicted molar refractivity (Wildman–Crippen MR) is 244 cm³/mol. The molecule has 1 aliphatic rings. The first-order valence-corrected chi connectivity index (χ1v) is 22.0. The van der Waals surface area contributed by atoms with Gasteiger partial charge in [0.1, 0.15) is 43.3 Å². The average molecular weight is 870 g/mol. The highest BCUT2D eigenvalue weighted by atomic mass is 16.5. The van der Waals surface area contributed by atoms with Gasteiger partial charge in [0.25, 0.3) is 5.91 Å². The topological polar surface area (TPSA) is 257 Å². The van der Waals surface area contributed by atoms with Gasteiger partial charge in [-0.1, -0.05) is 76.6 Å². The van der Waals surface area contributed by atoms with Crippen LogP contribution in [0.1, 0.15) is 98.3 Å². The lowest BCUT2D eigenvalue weighted by molar-refractivity contribution is -0.139. The lowest BCUT2D eigenvalue weighted by atomic mass is 9.93. The molecule has 0 radical (unpaired) electrons. The molecule has 63 heavy (non-hydrogen) atoms. The van der Waals surface area contributed by atoms with Gasteiger partial charge in [0, 0.05) is 43.2 Å². The van der Waals surface area contributed by atoms with Crippen molar-refractivity contribution < 1.29 is 33.4 Å². The molecule has 0 spiro atoms. The number of rotatable bonds is 21. The number of likely N-dealkylation sites (N-methyl/N-ethyl adjacent to an activating group) is 1. The Labute approximate surface area is 372 Å². The molecule has 4 bridgehead atoms. The molecule has 1 aliphatic heterocycles. The zero-order chi connectivity index (χ0) is 46.0. The molecular weight excluding hydrogens is 803 g/mol. The second-order valence-corrected chi connectivity index (χ2v) is 15.2. The van der Waals surface area contributed by atoms with E-state index in [2.05, 4.69) is 35.1 Å². The Morgan fingerprint density at radius 1 is 0.825 bits per heavy atom. The number of hydrogen-bond acceptors (Lipinski definition) is 11. The summed E-state index contributed by atoms with van der Waals surface area (Å²) < 4.78 is 12.1. The van der Waals surface area contributed by atoms with Crippen molar-refractivity contribution in [3.63, 3.8) is 0 Å². The van der Waals surface area contributed by atoms with Gasteiger partial charge in [-0.05, 0) is 78.9 Å². The van der Waals surface area contributed by atoms with Crippen molar-refractivity contribution in [3.8, 4) is 28.7 Å². The molecule has 3 aromatic rings. The number of ether oxygens (including phenoxy) is 2. The third kappa shape index (κ3) is 17.0. The van der Waals surface area contributed by atoms with E-state index in [9.17, 15) is 24.0 Å². The molecule has 3 aromatic carbocycles. The van der Waals surface area contributed by atoms with Crippen LogP contribution in [0.25, 0.3) is 11.1 Å². The molecule has 16 nitrogen and oxygen atoms in total. The molecule has 342 valence electrons. The van der Waals surface area contributed by atoms with Crippen molar-refractivity contribution in [2.45, 2.75) is 90.1 Å². The Morgan fingerprint density at radius 3 is 2.14 bits per heavy atom. The Morgan fingerprint density at radius 2 is 1.49 bits per heavy atom. The Balaban J connectivity index is 0.00000199. The van der Waals surface area contributed by atoms with Crippen LogP contribution >= 0.6 is 0 Å². The number of nitrogens with two attached hydrogens (primary N) is 3. The van der Waals surface area contributed by atoms with Crippen molar-refractivity contribution in [1.82, 2.24) is 26.2 Å². The smallest absolute Gasteiger partial charge is 0.251 e. The molecular formula is C47H67N9O7. The minimum atomic E-state index is -1.28. The summed E-state index contributed by atoms with van der Waals surface area (Å²) >= 11 is 0. The third-order valence-electron chi connectivity index (χ3n) is 10.3. The SMILES string of the molecule is CCCCCCCCc1cccc(C(=O)NCC(=O)N(C)C2C(=O)NCC(=O)NC(C(=O)NCC#N)Cc3ccc(OCCN)c(c3)-c3cc2ccc3OCCN)c1.CCCCN. The largest absolute Gasteiger partial charge is 0.492 e. The van der Waals surface area contributed by atoms with Gasteiger partial charge in [0.05, 0.1) is 19.2 Å². The molecule has 0 aliphatic carbocycles. The summed E-state index contributed by atoms with van der Waals surface area (Å²) in [5, 5.41) is 19.5. The fourth-order valence-corrected chi connectivity index (χ4v) is 6.90. The molecule has 5 amide bonds. The molecule has 4 rings (SSSR count). The van der Waals surface area contributed by atoms with E-state index in [0.29, 0.717) is 39.3 Å². The van der Waals surface area contributed by atoms with Gasteiger partial charge in [-0.3, -0.25) is 24.0 Å². The number of nitrogens with zero attached hydrogens (tertiary/aromatic N) is 2. The van der Waals surface area contributed by atoms with E-state index >= 15 is 0 Å². The first kappa shape index (κ1) is 51.3. The minimum absolute atomic E-state index is 0.0365. The lowest BCUT2D eigenvalue weighted by Gasteiger charge is -2.29. The van der Waals surface area contributed by atoms with Crippen molar-refractivity contribution in [3.05, 3.63) is 82.9 Å². The number of nitrogens with one attached hydrogen (secondary N) is 4. The van der Waals surface area contributed by atoms with E-state index in [4.69, 9.17) is 31.9 Å². The summed E-state index contributed by atoms with van der Waals surface area (Å²) in [6.07, 6.45) is 10.3. The molecule has 0 fully saturated rings. The van der Waals surface area contributed by atoms with Gasteiger partial charge in [-0.15, -0.1) is 0 Å². The number of nitriles is 1. The molecule has 0 saturated carbocycles. The number of amides is 5. The van der Waals surface area contributed by atoms with E-state index in [1.54, 1.807) is 42.5 Å². The fourth-order valence-electron chi connectivity index (χ4n) is 6.90. The zero-order valence-electron chi connectivity index (χ0n) is 37.1. The summed E-state index contributed by atoms with van der Waals surface area (Å²) in [6.45, 7) is 4.74. The molecule has 1 heterocycles. The van der Waals surface area contributed by atoms with Gasteiger partial charge >= 0.3 is 0 Å². The zero-order valence-corrected chi connectivity index (χ0v) is 37.1. The van der Waals surface area contributed by atoms with Crippen LogP contribution in [0.5, 0.6) is 11.5 Å². The van der Waals surface area contributed by atoms with Crippen molar-refractivity contribution in [2.75, 3.05) is 59.5 Å². The molecule has 2 unspecified atom stereocenters. The van der Waals surface area contributed by atoms with E-state index in [-0.39, 0.29) is 39.3 Å². The standard InChI is InChI=1S/C43H56N8O7.C4H11N/c1-3-4-5-6-7-8-10-29-11-9-12-32(23-29)41(54)49-28-39(53)51(2)40-31-14-16-37(58-22-19-46)34(26-31)33-24-30(13-15-36(33)57-21-18-45)25-35(42(55)47-20-17-44)50-38(52)27-48-43(40)56;1-2-3-4-5/h9,11-16,23-24,26,35,40H,3-8,10,18-22,25,27-28,45-46H2,1-2H3,(H,47,55)(H,48,56)(H,49,54)(H,50,52);2-5H2,1H3. The maximum atomic E-state index is 14.1. The van der Waals surface area contributed by atoms with Crippen molar-refractivity contribution >= 4 is 29.5 Å². The van der Waals surface area contributed by atoms with Crippen LogP contribution in [0.2, 0.25) is 0 Å². The second kappa shape index (κ2) is 28.6. The highest BCUT2D eigenvalue weighted by Gasteiger charge is 2.32. The van der Waals surface area contributed by atoms with Crippen LogP contribution in [-0.2, 0) is 32.0 Å². The van der Waals surface area contributed by atoms with Crippen LogP contribution in [0.3, 0.4) is 0 Å². The quantitative estimate of drug-likeness (QED) is 0.0603. The first-order chi connectivity index (χ1) is 30.5. The molecule has 0 aromatic heterocycles. The van der Waals surface area contributed by atoms with Crippen molar-refractivity contribution in [2.24, 2.45) is 17.2 Å².